The maximum Gasteiger partial charge on any atom is 0.150 e. The van der Waals surface area contributed by atoms with Crippen LogP contribution < -0.4 is 0 Å². The number of aromatic nitrogens is 3. The predicted molar refractivity (Wildman–Crippen MR) is 42.7 cm³/mol. The predicted octanol–water partition coefficient (Wildman–Crippen LogP) is 0.356. The number of carbonyl (C=O) groups excluding carboxylic acids is 1. The molecule has 4 heteroatoms. The average molecular weight is 165 g/mol. The van der Waals surface area contributed by atoms with Gasteiger partial charge in [-0.3, -0.25) is 4.79 Å². The van der Waals surface area contributed by atoms with Crippen LogP contribution in [0.3, 0.4) is 0 Å². The van der Waals surface area contributed by atoms with Gasteiger partial charge in [-0.2, -0.15) is 5.10 Å². The number of rotatable bonds is 1. The lowest BCUT2D eigenvalue weighted by Crippen LogP contribution is -2.19. The van der Waals surface area contributed by atoms with Gasteiger partial charge < -0.3 is 0 Å². The first-order valence-electron chi connectivity index (χ1n) is 4.24. The minimum absolute atomic E-state index is 0.276. The first kappa shape index (κ1) is 7.46. The number of aryl methyl sites for hydroxylation is 2. The molecule has 1 aliphatic rings. The number of hydrogen-bond donors (Lipinski definition) is 0. The summed E-state index contributed by atoms with van der Waals surface area (Å²) >= 11 is 0. The number of Topliss-reactive ketones (excluding diaryl/α,β-unsaturated/α-hetero) is 1. The van der Waals surface area contributed by atoms with E-state index in [1.807, 2.05) is 11.6 Å². The molecule has 64 valence electrons. The molecule has 0 N–H and O–H groups in total. The fourth-order valence-corrected chi connectivity index (χ4v) is 1.38. The second-order valence-corrected chi connectivity index (χ2v) is 2.99. The molecule has 0 radical (unpaired) electrons. The SMILES string of the molecule is CCc1nc2n(n1)CCC(=O)C2. The Morgan fingerprint density at radius 2 is 2.42 bits per heavy atom. The molecule has 2 heterocycles. The quantitative estimate of drug-likeness (QED) is 0.603. The number of fused-ring (bicyclic) bond motifs is 1. The molecule has 0 saturated heterocycles. The van der Waals surface area contributed by atoms with E-state index in [1.165, 1.54) is 0 Å². The van der Waals surface area contributed by atoms with Crippen LogP contribution in [0.5, 0.6) is 0 Å². The summed E-state index contributed by atoms with van der Waals surface area (Å²) in [6, 6.07) is 0. The van der Waals surface area contributed by atoms with Crippen molar-refractivity contribution in [3.8, 4) is 0 Å². The molecular weight excluding hydrogens is 154 g/mol. The van der Waals surface area contributed by atoms with Gasteiger partial charge in [0.05, 0.1) is 6.42 Å². The molecule has 0 unspecified atom stereocenters. The summed E-state index contributed by atoms with van der Waals surface area (Å²) in [4.78, 5) is 15.3. The van der Waals surface area contributed by atoms with E-state index in [1.54, 1.807) is 0 Å². The molecule has 1 aromatic rings. The summed E-state index contributed by atoms with van der Waals surface area (Å²) in [6.07, 6.45) is 1.92. The minimum atomic E-state index is 0.276. The van der Waals surface area contributed by atoms with Crippen molar-refractivity contribution in [1.82, 2.24) is 14.8 Å². The van der Waals surface area contributed by atoms with Gasteiger partial charge in [-0.15, -0.1) is 0 Å². The molecule has 1 aliphatic heterocycles. The zero-order valence-corrected chi connectivity index (χ0v) is 7.08. The molecule has 2 rings (SSSR count). The van der Waals surface area contributed by atoms with Crippen molar-refractivity contribution in [2.45, 2.75) is 32.7 Å². The molecule has 4 nitrogen and oxygen atoms in total. The minimum Gasteiger partial charge on any atom is -0.299 e. The number of hydrogen-bond acceptors (Lipinski definition) is 3. The topological polar surface area (TPSA) is 47.8 Å². The van der Waals surface area contributed by atoms with Gasteiger partial charge in [0.25, 0.3) is 0 Å². The van der Waals surface area contributed by atoms with Crippen molar-refractivity contribution in [3.05, 3.63) is 11.6 Å². The largest absolute Gasteiger partial charge is 0.299 e. The van der Waals surface area contributed by atoms with E-state index >= 15 is 0 Å². The molecule has 0 aliphatic carbocycles. The molecule has 0 amide bonds. The molecule has 0 fully saturated rings. The van der Waals surface area contributed by atoms with Crippen molar-refractivity contribution < 1.29 is 4.79 Å². The van der Waals surface area contributed by atoms with E-state index in [0.717, 1.165) is 18.1 Å². The third-order valence-electron chi connectivity index (χ3n) is 2.07. The summed E-state index contributed by atoms with van der Waals surface area (Å²) in [5.41, 5.74) is 0. The van der Waals surface area contributed by atoms with Gasteiger partial charge in [-0.25, -0.2) is 9.67 Å². The van der Waals surface area contributed by atoms with Crippen molar-refractivity contribution >= 4 is 5.78 Å². The van der Waals surface area contributed by atoms with Gasteiger partial charge in [-0.05, 0) is 0 Å². The lowest BCUT2D eigenvalue weighted by atomic mass is 10.1. The Balaban J connectivity index is 2.34. The summed E-state index contributed by atoms with van der Waals surface area (Å²) in [6.45, 7) is 2.73. The summed E-state index contributed by atoms with van der Waals surface area (Å²) in [5.74, 6) is 1.96. The fourth-order valence-electron chi connectivity index (χ4n) is 1.38. The van der Waals surface area contributed by atoms with Crippen LogP contribution in [0.25, 0.3) is 0 Å². The highest BCUT2D eigenvalue weighted by Gasteiger charge is 2.18. The van der Waals surface area contributed by atoms with Crippen LogP contribution in [0.4, 0.5) is 0 Å². The number of ketones is 1. The Kier molecular flexibility index (Phi) is 1.67. The van der Waals surface area contributed by atoms with Crippen molar-refractivity contribution in [2.75, 3.05) is 0 Å². The van der Waals surface area contributed by atoms with Crippen LogP contribution >= 0.6 is 0 Å². The van der Waals surface area contributed by atoms with Crippen molar-refractivity contribution in [3.63, 3.8) is 0 Å². The average Bonchev–Trinajstić information content (AvgIpc) is 2.46. The van der Waals surface area contributed by atoms with Crippen LogP contribution in [-0.4, -0.2) is 20.5 Å². The molecule has 0 aromatic carbocycles. The van der Waals surface area contributed by atoms with Crippen LogP contribution in [0, 0.1) is 0 Å². The Hall–Kier alpha value is -1.19. The Bertz CT molecular complexity index is 316. The normalized spacial score (nSPS) is 16.2. The van der Waals surface area contributed by atoms with Crippen LogP contribution in [0.15, 0.2) is 0 Å². The van der Waals surface area contributed by atoms with E-state index in [4.69, 9.17) is 0 Å². The maximum atomic E-state index is 11.0. The standard InChI is InChI=1S/C8H11N3O/c1-2-7-9-8-5-6(12)3-4-11(8)10-7/h2-5H2,1H3. The summed E-state index contributed by atoms with van der Waals surface area (Å²) in [7, 11) is 0. The van der Waals surface area contributed by atoms with Crippen LogP contribution in [0.2, 0.25) is 0 Å². The van der Waals surface area contributed by atoms with Gasteiger partial charge >= 0.3 is 0 Å². The third-order valence-corrected chi connectivity index (χ3v) is 2.07. The summed E-state index contributed by atoms with van der Waals surface area (Å²) in [5, 5.41) is 4.26. The fraction of sp³-hybridized carbons (Fsp3) is 0.625. The molecular formula is C8H11N3O. The van der Waals surface area contributed by atoms with Gasteiger partial charge in [-0.1, -0.05) is 6.92 Å². The van der Waals surface area contributed by atoms with Gasteiger partial charge in [0, 0.05) is 19.4 Å². The third kappa shape index (κ3) is 1.13. The first-order chi connectivity index (χ1) is 5.79. The maximum absolute atomic E-state index is 11.0. The van der Waals surface area contributed by atoms with Gasteiger partial charge in [0.1, 0.15) is 11.6 Å². The lowest BCUT2D eigenvalue weighted by Gasteiger charge is -2.09. The Labute approximate surface area is 70.6 Å². The van der Waals surface area contributed by atoms with E-state index < -0.39 is 0 Å². The molecule has 12 heavy (non-hydrogen) atoms. The second kappa shape index (κ2) is 2.69. The van der Waals surface area contributed by atoms with E-state index in [0.29, 0.717) is 19.4 Å². The molecule has 0 spiro atoms. The van der Waals surface area contributed by atoms with E-state index in [-0.39, 0.29) is 5.78 Å². The highest BCUT2D eigenvalue weighted by molar-refractivity contribution is 5.80. The Morgan fingerprint density at radius 3 is 3.17 bits per heavy atom. The van der Waals surface area contributed by atoms with Gasteiger partial charge in [0.15, 0.2) is 5.82 Å². The molecule has 1 aromatic heterocycles. The number of nitrogens with zero attached hydrogens (tertiary/aromatic N) is 3. The van der Waals surface area contributed by atoms with E-state index in [2.05, 4.69) is 10.1 Å². The highest BCUT2D eigenvalue weighted by atomic mass is 16.1. The monoisotopic (exact) mass is 165 g/mol. The zero-order chi connectivity index (χ0) is 8.55. The Morgan fingerprint density at radius 1 is 1.58 bits per heavy atom. The smallest absolute Gasteiger partial charge is 0.150 e. The first-order valence-corrected chi connectivity index (χ1v) is 4.24. The number of carbonyl (C=O) groups is 1. The zero-order valence-electron chi connectivity index (χ0n) is 7.08. The van der Waals surface area contributed by atoms with Crippen LogP contribution in [0.1, 0.15) is 25.0 Å². The molecule has 0 saturated carbocycles. The van der Waals surface area contributed by atoms with Gasteiger partial charge in [0.2, 0.25) is 0 Å². The lowest BCUT2D eigenvalue weighted by molar-refractivity contribution is -0.119. The van der Waals surface area contributed by atoms with Crippen molar-refractivity contribution in [1.29, 1.82) is 0 Å². The second-order valence-electron chi connectivity index (χ2n) is 2.99. The van der Waals surface area contributed by atoms with Crippen LogP contribution in [-0.2, 0) is 24.2 Å². The van der Waals surface area contributed by atoms with Crippen molar-refractivity contribution in [2.24, 2.45) is 0 Å². The highest BCUT2D eigenvalue weighted by Crippen LogP contribution is 2.09. The van der Waals surface area contributed by atoms with E-state index in [9.17, 15) is 4.79 Å². The summed E-state index contributed by atoms with van der Waals surface area (Å²) < 4.78 is 1.85. The molecule has 0 bridgehead atoms. The molecule has 0 atom stereocenters.